The molecule has 3 aromatic rings. The Labute approximate surface area is 215 Å². The van der Waals surface area contributed by atoms with Crippen molar-refractivity contribution in [3.05, 3.63) is 94.5 Å². The molecule has 1 heterocycles. The molecule has 1 fully saturated rings. The fourth-order valence-corrected chi connectivity index (χ4v) is 4.33. The number of halogens is 1. The van der Waals surface area contributed by atoms with Crippen LogP contribution in [0, 0.1) is 0 Å². The van der Waals surface area contributed by atoms with Crippen molar-refractivity contribution in [1.82, 2.24) is 10.2 Å². The number of nitrogens with one attached hydrogen (secondary N) is 2. The first kappa shape index (κ1) is 25.1. The summed E-state index contributed by atoms with van der Waals surface area (Å²) in [4.78, 5) is 41.3. The number of primary amides is 1. The van der Waals surface area contributed by atoms with Crippen molar-refractivity contribution in [2.24, 2.45) is 5.73 Å². The molecule has 8 nitrogen and oxygen atoms in total. The summed E-state index contributed by atoms with van der Waals surface area (Å²) in [6.45, 7) is 2.64. The maximum absolute atomic E-state index is 13.0. The molecule has 0 saturated carbocycles. The Kier molecular flexibility index (Phi) is 8.07. The molecule has 0 aromatic heterocycles. The molecule has 186 valence electrons. The average Bonchev–Trinajstić information content (AvgIpc) is 3.14. The van der Waals surface area contributed by atoms with Crippen LogP contribution in [0.25, 0.3) is 0 Å². The third-order valence-electron chi connectivity index (χ3n) is 6.04. The van der Waals surface area contributed by atoms with E-state index in [4.69, 9.17) is 17.3 Å². The Morgan fingerprint density at radius 3 is 2.36 bits per heavy atom. The summed E-state index contributed by atoms with van der Waals surface area (Å²) in [5.74, 6) is -0.589. The van der Waals surface area contributed by atoms with Crippen molar-refractivity contribution < 1.29 is 14.4 Å². The number of nitrogens with two attached hydrogens (primary N) is 1. The summed E-state index contributed by atoms with van der Waals surface area (Å²) in [6.07, 6.45) is 0.726. The Balaban J connectivity index is 1.59. The van der Waals surface area contributed by atoms with Gasteiger partial charge in [0, 0.05) is 48.9 Å². The minimum atomic E-state index is -0.447. The average molecular weight is 506 g/mol. The summed E-state index contributed by atoms with van der Waals surface area (Å²) < 4.78 is 0. The van der Waals surface area contributed by atoms with Gasteiger partial charge in [0.05, 0.1) is 11.4 Å². The summed E-state index contributed by atoms with van der Waals surface area (Å²) >= 11 is 6.07. The largest absolute Gasteiger partial charge is 0.368 e. The predicted octanol–water partition coefficient (Wildman–Crippen LogP) is 4.11. The number of benzene rings is 3. The number of urea groups is 1. The molecule has 1 aliphatic heterocycles. The van der Waals surface area contributed by atoms with Gasteiger partial charge in [-0.3, -0.25) is 9.59 Å². The van der Waals surface area contributed by atoms with Crippen LogP contribution in [0.15, 0.2) is 72.8 Å². The van der Waals surface area contributed by atoms with E-state index >= 15 is 0 Å². The maximum Gasteiger partial charge on any atom is 0.314 e. The van der Waals surface area contributed by atoms with Crippen LogP contribution in [0.4, 0.5) is 16.2 Å². The summed E-state index contributed by atoms with van der Waals surface area (Å²) in [6, 6.07) is 21.1. The van der Waals surface area contributed by atoms with E-state index in [2.05, 4.69) is 15.5 Å². The van der Waals surface area contributed by atoms with Crippen LogP contribution < -0.4 is 21.3 Å². The zero-order valence-electron chi connectivity index (χ0n) is 19.7. The number of anilines is 2. The summed E-state index contributed by atoms with van der Waals surface area (Å²) in [7, 11) is 0. The third kappa shape index (κ3) is 6.34. The highest BCUT2D eigenvalue weighted by atomic mass is 35.5. The van der Waals surface area contributed by atoms with E-state index in [0.717, 1.165) is 17.7 Å². The van der Waals surface area contributed by atoms with E-state index in [9.17, 15) is 14.4 Å². The van der Waals surface area contributed by atoms with Gasteiger partial charge in [0.1, 0.15) is 0 Å². The molecular weight excluding hydrogens is 478 g/mol. The molecule has 4 amide bonds. The first-order valence-corrected chi connectivity index (χ1v) is 12.1. The summed E-state index contributed by atoms with van der Waals surface area (Å²) in [5.41, 5.74) is 8.55. The molecule has 0 radical (unpaired) electrons. The second-order valence-corrected chi connectivity index (χ2v) is 8.97. The number of carbonyl (C=O) groups is 3. The molecule has 4 rings (SSSR count). The third-order valence-corrected chi connectivity index (χ3v) is 6.27. The highest BCUT2D eigenvalue weighted by Crippen LogP contribution is 2.29. The van der Waals surface area contributed by atoms with Crippen LogP contribution in [0.2, 0.25) is 5.02 Å². The van der Waals surface area contributed by atoms with Crippen LogP contribution in [0.3, 0.4) is 0 Å². The molecule has 3 aromatic carbocycles. The van der Waals surface area contributed by atoms with Gasteiger partial charge in [-0.1, -0.05) is 48.0 Å². The zero-order chi connectivity index (χ0) is 25.5. The van der Waals surface area contributed by atoms with E-state index in [1.165, 1.54) is 0 Å². The van der Waals surface area contributed by atoms with Crippen LogP contribution in [-0.2, 0) is 6.54 Å². The van der Waals surface area contributed by atoms with E-state index in [1.54, 1.807) is 41.3 Å². The van der Waals surface area contributed by atoms with Gasteiger partial charge in [0.25, 0.3) is 11.8 Å². The monoisotopic (exact) mass is 505 g/mol. The van der Waals surface area contributed by atoms with Crippen LogP contribution in [0.1, 0.15) is 32.7 Å². The van der Waals surface area contributed by atoms with Crippen molar-refractivity contribution >= 4 is 40.8 Å². The standard InChI is InChI=1S/C27H28ClN5O3/c28-22-9-4-8-20(16-22)26(35)31-23-17-21(25(34)30-18-19-6-2-1-3-7-19)10-11-24(23)32-12-5-13-33(15-14-32)27(29)36/h1-4,6-11,16-17H,5,12-15,18H2,(H2,29,36)(H,30,34)(H,31,35). The Bertz CT molecular complexity index is 1250. The molecule has 0 unspecified atom stereocenters. The quantitative estimate of drug-likeness (QED) is 0.468. The maximum atomic E-state index is 13.0. The number of hydrogen-bond donors (Lipinski definition) is 3. The molecule has 36 heavy (non-hydrogen) atoms. The molecule has 0 aliphatic carbocycles. The number of nitrogens with zero attached hydrogens (tertiary/aromatic N) is 2. The molecule has 0 atom stereocenters. The molecule has 4 N–H and O–H groups in total. The number of hydrogen-bond acceptors (Lipinski definition) is 4. The van der Waals surface area contributed by atoms with E-state index < -0.39 is 6.03 Å². The van der Waals surface area contributed by atoms with Crippen molar-refractivity contribution in [2.45, 2.75) is 13.0 Å². The van der Waals surface area contributed by atoms with Crippen molar-refractivity contribution in [3.63, 3.8) is 0 Å². The first-order chi connectivity index (χ1) is 17.4. The van der Waals surface area contributed by atoms with Gasteiger partial charge >= 0.3 is 6.03 Å². The number of amides is 4. The lowest BCUT2D eigenvalue weighted by atomic mass is 10.1. The lowest BCUT2D eigenvalue weighted by Gasteiger charge is -2.26. The fourth-order valence-electron chi connectivity index (χ4n) is 4.14. The van der Waals surface area contributed by atoms with Crippen LogP contribution >= 0.6 is 11.6 Å². The van der Waals surface area contributed by atoms with Gasteiger partial charge in [-0.2, -0.15) is 0 Å². The topological polar surface area (TPSA) is 108 Å². The molecule has 9 heteroatoms. The van der Waals surface area contributed by atoms with Crippen molar-refractivity contribution in [3.8, 4) is 0 Å². The van der Waals surface area contributed by atoms with Crippen molar-refractivity contribution in [2.75, 3.05) is 36.4 Å². The molecule has 0 spiro atoms. The van der Waals surface area contributed by atoms with Gasteiger partial charge in [0.15, 0.2) is 0 Å². The molecular formula is C27H28ClN5O3. The normalized spacial score (nSPS) is 13.6. The highest BCUT2D eigenvalue weighted by Gasteiger charge is 2.21. The number of rotatable bonds is 6. The van der Waals surface area contributed by atoms with Crippen molar-refractivity contribution in [1.29, 1.82) is 0 Å². The van der Waals surface area contributed by atoms with Gasteiger partial charge in [-0.15, -0.1) is 0 Å². The Morgan fingerprint density at radius 1 is 0.833 bits per heavy atom. The highest BCUT2D eigenvalue weighted by molar-refractivity contribution is 6.31. The fraction of sp³-hybridized carbons (Fsp3) is 0.222. The van der Waals surface area contributed by atoms with E-state index in [1.807, 2.05) is 36.4 Å². The Morgan fingerprint density at radius 2 is 1.61 bits per heavy atom. The second kappa shape index (κ2) is 11.6. The predicted molar refractivity (Wildman–Crippen MR) is 141 cm³/mol. The zero-order valence-corrected chi connectivity index (χ0v) is 20.5. The van der Waals surface area contributed by atoms with E-state index in [-0.39, 0.29) is 11.8 Å². The minimum absolute atomic E-state index is 0.251. The minimum Gasteiger partial charge on any atom is -0.368 e. The second-order valence-electron chi connectivity index (χ2n) is 8.53. The first-order valence-electron chi connectivity index (χ1n) is 11.7. The molecule has 1 aliphatic rings. The van der Waals surface area contributed by atoms with Gasteiger partial charge in [-0.05, 0) is 48.4 Å². The van der Waals surface area contributed by atoms with Gasteiger partial charge in [0.2, 0.25) is 0 Å². The Hall–Kier alpha value is -4.04. The molecule has 1 saturated heterocycles. The van der Waals surface area contributed by atoms with Gasteiger partial charge in [-0.25, -0.2) is 4.79 Å². The number of carbonyl (C=O) groups excluding carboxylic acids is 3. The van der Waals surface area contributed by atoms with E-state index in [0.29, 0.717) is 54.6 Å². The smallest absolute Gasteiger partial charge is 0.314 e. The lowest BCUT2D eigenvalue weighted by molar-refractivity contribution is 0.0949. The SMILES string of the molecule is NC(=O)N1CCCN(c2ccc(C(=O)NCc3ccccc3)cc2NC(=O)c2cccc(Cl)c2)CC1. The van der Waals surface area contributed by atoms with Crippen LogP contribution in [0.5, 0.6) is 0 Å². The van der Waals surface area contributed by atoms with Gasteiger partial charge < -0.3 is 26.2 Å². The molecule has 0 bridgehead atoms. The van der Waals surface area contributed by atoms with Crippen LogP contribution in [-0.4, -0.2) is 48.9 Å². The summed E-state index contributed by atoms with van der Waals surface area (Å²) in [5, 5.41) is 6.33. The lowest BCUT2D eigenvalue weighted by Crippen LogP contribution is -2.38.